The summed E-state index contributed by atoms with van der Waals surface area (Å²) in [6.07, 6.45) is 13.8. The van der Waals surface area contributed by atoms with Gasteiger partial charge in [0.2, 0.25) is 0 Å². The quantitative estimate of drug-likeness (QED) is 0.778. The molecule has 98 valence electrons. The van der Waals surface area contributed by atoms with E-state index in [1.54, 1.807) is 6.20 Å². The molecule has 1 aromatic rings. The highest BCUT2D eigenvalue weighted by molar-refractivity contribution is 5.74. The molecular formula is C18H21N. The number of benzene rings is 1. The Morgan fingerprint density at radius 1 is 1.16 bits per heavy atom. The SMILES string of the molecule is CC1=CCCC=C1C/C=C(\C=C/N)c1ccccc1. The summed E-state index contributed by atoms with van der Waals surface area (Å²) < 4.78 is 0. The third kappa shape index (κ3) is 3.72. The molecule has 0 atom stereocenters. The van der Waals surface area contributed by atoms with Gasteiger partial charge in [0, 0.05) is 0 Å². The second kappa shape index (κ2) is 6.79. The molecule has 0 saturated carbocycles. The largest absolute Gasteiger partial charge is 0.405 e. The predicted octanol–water partition coefficient (Wildman–Crippen LogP) is 4.60. The lowest BCUT2D eigenvalue weighted by molar-refractivity contribution is 0.972. The van der Waals surface area contributed by atoms with Crippen molar-refractivity contribution in [2.75, 3.05) is 0 Å². The second-order valence-electron chi connectivity index (χ2n) is 4.78. The van der Waals surface area contributed by atoms with Gasteiger partial charge in [0.25, 0.3) is 0 Å². The van der Waals surface area contributed by atoms with Crippen molar-refractivity contribution in [3.8, 4) is 0 Å². The van der Waals surface area contributed by atoms with Crippen LogP contribution in [-0.2, 0) is 0 Å². The summed E-state index contributed by atoms with van der Waals surface area (Å²) in [6, 6.07) is 10.4. The zero-order valence-corrected chi connectivity index (χ0v) is 11.5. The van der Waals surface area contributed by atoms with Gasteiger partial charge in [-0.15, -0.1) is 0 Å². The van der Waals surface area contributed by atoms with E-state index in [-0.39, 0.29) is 0 Å². The molecular weight excluding hydrogens is 230 g/mol. The van der Waals surface area contributed by atoms with E-state index in [9.17, 15) is 0 Å². The zero-order valence-electron chi connectivity index (χ0n) is 11.5. The van der Waals surface area contributed by atoms with Crippen molar-refractivity contribution >= 4 is 5.57 Å². The van der Waals surface area contributed by atoms with Crippen molar-refractivity contribution in [2.24, 2.45) is 5.73 Å². The lowest BCUT2D eigenvalue weighted by atomic mass is 9.94. The van der Waals surface area contributed by atoms with E-state index in [2.05, 4.69) is 49.4 Å². The first-order valence-electron chi connectivity index (χ1n) is 6.81. The van der Waals surface area contributed by atoms with Crippen LogP contribution in [0.3, 0.4) is 0 Å². The molecule has 0 heterocycles. The van der Waals surface area contributed by atoms with Crippen molar-refractivity contribution in [3.63, 3.8) is 0 Å². The maximum Gasteiger partial charge on any atom is -0.00563 e. The smallest absolute Gasteiger partial charge is 0.00563 e. The Kier molecular flexibility index (Phi) is 4.79. The van der Waals surface area contributed by atoms with Crippen LogP contribution < -0.4 is 5.73 Å². The van der Waals surface area contributed by atoms with Crippen LogP contribution in [-0.4, -0.2) is 0 Å². The standard InChI is InChI=1S/C18H21N/c1-15-7-5-6-8-16(15)11-12-18(13-14-19)17-9-3-2-4-10-17/h2-4,7-10,12-14H,5-6,11,19H2,1H3/b14-13-,18-12+. The maximum absolute atomic E-state index is 5.56. The Bertz CT molecular complexity index is 530. The van der Waals surface area contributed by atoms with Gasteiger partial charge in [-0.25, -0.2) is 0 Å². The van der Waals surface area contributed by atoms with Crippen LogP contribution in [0.15, 0.2) is 72.0 Å². The average Bonchev–Trinajstić information content (AvgIpc) is 2.46. The Labute approximate surface area is 115 Å². The molecule has 2 N–H and O–H groups in total. The minimum Gasteiger partial charge on any atom is -0.405 e. The predicted molar refractivity (Wildman–Crippen MR) is 83.4 cm³/mol. The number of rotatable bonds is 4. The summed E-state index contributed by atoms with van der Waals surface area (Å²) in [7, 11) is 0. The summed E-state index contributed by atoms with van der Waals surface area (Å²) in [5, 5.41) is 0. The van der Waals surface area contributed by atoms with Crippen molar-refractivity contribution in [3.05, 3.63) is 77.5 Å². The Hall–Kier alpha value is -2.02. The van der Waals surface area contributed by atoms with Gasteiger partial charge in [0.1, 0.15) is 0 Å². The molecule has 1 heteroatoms. The van der Waals surface area contributed by atoms with Gasteiger partial charge in [-0.2, -0.15) is 0 Å². The fraction of sp³-hybridized carbons (Fsp3) is 0.222. The van der Waals surface area contributed by atoms with Crippen LogP contribution in [0.25, 0.3) is 5.57 Å². The first-order chi connectivity index (χ1) is 9.31. The summed E-state index contributed by atoms with van der Waals surface area (Å²) in [5.41, 5.74) is 10.8. The average molecular weight is 251 g/mol. The van der Waals surface area contributed by atoms with Crippen LogP contribution in [0, 0.1) is 0 Å². The highest BCUT2D eigenvalue weighted by Crippen LogP contribution is 2.24. The van der Waals surface area contributed by atoms with Gasteiger partial charge in [-0.05, 0) is 55.2 Å². The fourth-order valence-electron chi connectivity index (χ4n) is 2.33. The highest BCUT2D eigenvalue weighted by atomic mass is 14.5. The van der Waals surface area contributed by atoms with Gasteiger partial charge in [-0.3, -0.25) is 0 Å². The summed E-state index contributed by atoms with van der Waals surface area (Å²) in [5.74, 6) is 0. The minimum absolute atomic E-state index is 0.969. The maximum atomic E-state index is 5.56. The molecule has 0 fully saturated rings. The van der Waals surface area contributed by atoms with Crippen molar-refractivity contribution < 1.29 is 0 Å². The van der Waals surface area contributed by atoms with Crippen LogP contribution in [0.1, 0.15) is 31.7 Å². The van der Waals surface area contributed by atoms with E-state index in [4.69, 9.17) is 5.73 Å². The molecule has 1 nitrogen and oxygen atoms in total. The Balaban J connectivity index is 2.18. The normalized spacial score (nSPS) is 16.4. The molecule has 0 aromatic heterocycles. The van der Waals surface area contributed by atoms with E-state index < -0.39 is 0 Å². The van der Waals surface area contributed by atoms with Gasteiger partial charge >= 0.3 is 0 Å². The molecule has 1 aliphatic carbocycles. The zero-order chi connectivity index (χ0) is 13.5. The van der Waals surface area contributed by atoms with Gasteiger partial charge in [0.05, 0.1) is 0 Å². The minimum atomic E-state index is 0.969. The van der Waals surface area contributed by atoms with Gasteiger partial charge < -0.3 is 5.73 Å². The summed E-state index contributed by atoms with van der Waals surface area (Å²) >= 11 is 0. The molecule has 0 aliphatic heterocycles. The second-order valence-corrected chi connectivity index (χ2v) is 4.78. The number of hydrogen-bond donors (Lipinski definition) is 1. The van der Waals surface area contributed by atoms with E-state index >= 15 is 0 Å². The van der Waals surface area contributed by atoms with E-state index in [0.717, 1.165) is 12.8 Å². The third-order valence-electron chi connectivity index (χ3n) is 3.44. The van der Waals surface area contributed by atoms with Crippen LogP contribution in [0.4, 0.5) is 0 Å². The molecule has 19 heavy (non-hydrogen) atoms. The van der Waals surface area contributed by atoms with Crippen molar-refractivity contribution in [1.29, 1.82) is 0 Å². The first kappa shape index (κ1) is 13.4. The molecule has 0 spiro atoms. The Morgan fingerprint density at radius 3 is 2.58 bits per heavy atom. The van der Waals surface area contributed by atoms with Crippen LogP contribution in [0.5, 0.6) is 0 Å². The van der Waals surface area contributed by atoms with E-state index in [1.165, 1.54) is 28.7 Å². The molecule has 0 bridgehead atoms. The molecule has 1 aromatic carbocycles. The molecule has 0 unspecified atom stereocenters. The monoisotopic (exact) mass is 251 g/mol. The van der Waals surface area contributed by atoms with E-state index in [0.29, 0.717) is 0 Å². The highest BCUT2D eigenvalue weighted by Gasteiger charge is 2.04. The van der Waals surface area contributed by atoms with Gasteiger partial charge in [-0.1, -0.05) is 54.1 Å². The van der Waals surface area contributed by atoms with E-state index in [1.807, 2.05) is 12.1 Å². The lowest BCUT2D eigenvalue weighted by Crippen LogP contribution is -1.91. The van der Waals surface area contributed by atoms with Gasteiger partial charge in [0.15, 0.2) is 0 Å². The summed E-state index contributed by atoms with van der Waals surface area (Å²) in [6.45, 7) is 2.19. The number of allylic oxidation sites excluding steroid dienone is 7. The summed E-state index contributed by atoms with van der Waals surface area (Å²) in [4.78, 5) is 0. The lowest BCUT2D eigenvalue weighted by Gasteiger charge is -2.11. The molecule has 2 rings (SSSR count). The molecule has 1 aliphatic rings. The molecule has 0 radical (unpaired) electrons. The van der Waals surface area contributed by atoms with Crippen molar-refractivity contribution in [1.82, 2.24) is 0 Å². The number of nitrogens with two attached hydrogens (primary N) is 1. The molecule has 0 saturated heterocycles. The first-order valence-corrected chi connectivity index (χ1v) is 6.81. The van der Waals surface area contributed by atoms with Crippen LogP contribution >= 0.6 is 0 Å². The molecule has 0 amide bonds. The fourth-order valence-corrected chi connectivity index (χ4v) is 2.33. The van der Waals surface area contributed by atoms with Crippen molar-refractivity contribution in [2.45, 2.75) is 26.2 Å². The third-order valence-corrected chi connectivity index (χ3v) is 3.44. The van der Waals surface area contributed by atoms with Crippen LogP contribution in [0.2, 0.25) is 0 Å². The Morgan fingerprint density at radius 2 is 1.89 bits per heavy atom. The topological polar surface area (TPSA) is 26.0 Å². The number of hydrogen-bond acceptors (Lipinski definition) is 1.